The molecule has 0 bridgehead atoms. The van der Waals surface area contributed by atoms with Crippen LogP contribution in [0.3, 0.4) is 0 Å². The quantitative estimate of drug-likeness (QED) is 0.523. The standard InChI is InChI=1S/C7H8O2/c1-2-3-5-4-6(5)7(8)9/h5-6H,4H2,1H3,(H,8,9). The maximum Gasteiger partial charge on any atom is 0.307 e. The van der Waals surface area contributed by atoms with Gasteiger partial charge in [0.25, 0.3) is 0 Å². The van der Waals surface area contributed by atoms with E-state index >= 15 is 0 Å². The van der Waals surface area contributed by atoms with Crippen molar-refractivity contribution in [1.29, 1.82) is 0 Å². The minimum Gasteiger partial charge on any atom is -0.481 e. The topological polar surface area (TPSA) is 37.3 Å². The van der Waals surface area contributed by atoms with Crippen LogP contribution in [0.1, 0.15) is 13.3 Å². The summed E-state index contributed by atoms with van der Waals surface area (Å²) in [5.74, 6) is 4.79. The molecule has 1 aliphatic rings. The molecule has 0 radical (unpaired) electrons. The summed E-state index contributed by atoms with van der Waals surface area (Å²) < 4.78 is 0. The minimum atomic E-state index is -0.706. The van der Waals surface area contributed by atoms with Gasteiger partial charge in [-0.15, -0.1) is 5.92 Å². The first kappa shape index (κ1) is 6.15. The third-order valence-corrected chi connectivity index (χ3v) is 1.44. The summed E-state index contributed by atoms with van der Waals surface area (Å²) in [5.41, 5.74) is 0. The van der Waals surface area contributed by atoms with Gasteiger partial charge in [0.2, 0.25) is 0 Å². The van der Waals surface area contributed by atoms with Gasteiger partial charge < -0.3 is 5.11 Å². The Bertz CT molecular complexity index is 185. The van der Waals surface area contributed by atoms with Gasteiger partial charge in [0.15, 0.2) is 0 Å². The van der Waals surface area contributed by atoms with E-state index in [0.29, 0.717) is 0 Å². The third-order valence-electron chi connectivity index (χ3n) is 1.44. The Kier molecular flexibility index (Phi) is 1.44. The number of rotatable bonds is 1. The van der Waals surface area contributed by atoms with Gasteiger partial charge >= 0.3 is 5.97 Å². The van der Waals surface area contributed by atoms with E-state index in [0.717, 1.165) is 6.42 Å². The number of carbonyl (C=O) groups is 1. The highest BCUT2D eigenvalue weighted by molar-refractivity contribution is 5.74. The molecule has 0 spiro atoms. The fourth-order valence-corrected chi connectivity index (χ4v) is 0.813. The molecular weight excluding hydrogens is 116 g/mol. The number of carboxylic acids is 1. The summed E-state index contributed by atoms with van der Waals surface area (Å²) >= 11 is 0. The van der Waals surface area contributed by atoms with Gasteiger partial charge in [0, 0.05) is 5.92 Å². The van der Waals surface area contributed by atoms with Gasteiger partial charge in [0.05, 0.1) is 5.92 Å². The van der Waals surface area contributed by atoms with Crippen molar-refractivity contribution in [1.82, 2.24) is 0 Å². The van der Waals surface area contributed by atoms with Gasteiger partial charge in [-0.1, -0.05) is 5.92 Å². The first-order valence-corrected chi connectivity index (χ1v) is 2.90. The van der Waals surface area contributed by atoms with E-state index in [1.807, 2.05) is 0 Å². The first-order valence-electron chi connectivity index (χ1n) is 2.90. The molecule has 0 aromatic carbocycles. The lowest BCUT2D eigenvalue weighted by Gasteiger charge is -1.80. The maximum absolute atomic E-state index is 10.2. The number of carboxylic acid groups (broad SMARTS) is 1. The van der Waals surface area contributed by atoms with E-state index < -0.39 is 5.97 Å². The van der Waals surface area contributed by atoms with Crippen molar-refractivity contribution in [2.75, 3.05) is 0 Å². The molecule has 2 heteroatoms. The molecule has 48 valence electrons. The zero-order chi connectivity index (χ0) is 6.85. The molecule has 0 aliphatic heterocycles. The summed E-state index contributed by atoms with van der Waals surface area (Å²) in [7, 11) is 0. The zero-order valence-corrected chi connectivity index (χ0v) is 5.22. The van der Waals surface area contributed by atoms with Crippen molar-refractivity contribution >= 4 is 5.97 Å². The predicted octanol–water partition coefficient (Wildman–Crippen LogP) is 0.730. The second-order valence-electron chi connectivity index (χ2n) is 2.18. The molecule has 0 saturated heterocycles. The molecule has 0 heterocycles. The highest BCUT2D eigenvalue weighted by Crippen LogP contribution is 2.37. The number of hydrogen-bond acceptors (Lipinski definition) is 1. The average Bonchev–Trinajstić information content (AvgIpc) is 2.47. The second kappa shape index (κ2) is 2.10. The molecule has 9 heavy (non-hydrogen) atoms. The maximum atomic E-state index is 10.2. The Morgan fingerprint density at radius 1 is 1.78 bits per heavy atom. The monoisotopic (exact) mass is 124 g/mol. The van der Waals surface area contributed by atoms with E-state index in [1.165, 1.54) is 0 Å². The average molecular weight is 124 g/mol. The zero-order valence-electron chi connectivity index (χ0n) is 5.22. The van der Waals surface area contributed by atoms with Crippen LogP contribution in [-0.2, 0) is 4.79 Å². The summed E-state index contributed by atoms with van der Waals surface area (Å²) in [6.07, 6.45) is 0.746. The van der Waals surface area contributed by atoms with Crippen LogP contribution in [0.25, 0.3) is 0 Å². The molecular formula is C7H8O2. The molecule has 2 nitrogen and oxygen atoms in total. The highest BCUT2D eigenvalue weighted by atomic mass is 16.4. The van der Waals surface area contributed by atoms with Crippen LogP contribution >= 0.6 is 0 Å². The normalized spacial score (nSPS) is 30.3. The van der Waals surface area contributed by atoms with Crippen LogP contribution in [0.15, 0.2) is 0 Å². The SMILES string of the molecule is CC#CC1CC1C(=O)O. The molecule has 2 atom stereocenters. The van der Waals surface area contributed by atoms with Gasteiger partial charge in [0.1, 0.15) is 0 Å². The Morgan fingerprint density at radius 3 is 2.78 bits per heavy atom. The van der Waals surface area contributed by atoms with Crippen molar-refractivity contribution in [3.63, 3.8) is 0 Å². The van der Waals surface area contributed by atoms with Crippen molar-refractivity contribution < 1.29 is 9.90 Å². The van der Waals surface area contributed by atoms with Gasteiger partial charge in [-0.05, 0) is 13.3 Å². The molecule has 1 rings (SSSR count). The molecule has 0 aromatic rings. The molecule has 0 aromatic heterocycles. The van der Waals surface area contributed by atoms with E-state index in [1.54, 1.807) is 6.92 Å². The van der Waals surface area contributed by atoms with Gasteiger partial charge in [-0.3, -0.25) is 4.79 Å². The number of aliphatic carboxylic acids is 1. The fraction of sp³-hybridized carbons (Fsp3) is 0.571. The van der Waals surface area contributed by atoms with Crippen molar-refractivity contribution in [3.05, 3.63) is 0 Å². The third kappa shape index (κ3) is 1.23. The van der Waals surface area contributed by atoms with E-state index in [2.05, 4.69) is 11.8 Å². The molecule has 2 unspecified atom stereocenters. The van der Waals surface area contributed by atoms with E-state index in [4.69, 9.17) is 5.11 Å². The van der Waals surface area contributed by atoms with Crippen LogP contribution in [0.4, 0.5) is 0 Å². The smallest absolute Gasteiger partial charge is 0.307 e. The van der Waals surface area contributed by atoms with Crippen LogP contribution < -0.4 is 0 Å². The van der Waals surface area contributed by atoms with E-state index in [-0.39, 0.29) is 11.8 Å². The van der Waals surface area contributed by atoms with Gasteiger partial charge in [-0.2, -0.15) is 0 Å². The van der Waals surface area contributed by atoms with Crippen molar-refractivity contribution in [2.45, 2.75) is 13.3 Å². The Morgan fingerprint density at radius 2 is 2.44 bits per heavy atom. The molecule has 1 fully saturated rings. The first-order chi connectivity index (χ1) is 4.25. The fourth-order valence-electron chi connectivity index (χ4n) is 0.813. The van der Waals surface area contributed by atoms with Crippen molar-refractivity contribution in [2.24, 2.45) is 11.8 Å². The minimum absolute atomic E-state index is 0.146. The molecule has 0 amide bonds. The Balaban J connectivity index is 2.39. The van der Waals surface area contributed by atoms with Crippen molar-refractivity contribution in [3.8, 4) is 11.8 Å². The highest BCUT2D eigenvalue weighted by Gasteiger charge is 2.41. The van der Waals surface area contributed by atoms with Gasteiger partial charge in [-0.25, -0.2) is 0 Å². The predicted molar refractivity (Wildman–Crippen MR) is 32.7 cm³/mol. The van der Waals surface area contributed by atoms with E-state index in [9.17, 15) is 4.79 Å². The van der Waals surface area contributed by atoms with Crippen LogP contribution in [-0.4, -0.2) is 11.1 Å². The van der Waals surface area contributed by atoms with Crippen LogP contribution in [0, 0.1) is 23.7 Å². The van der Waals surface area contributed by atoms with Crippen LogP contribution in [0.2, 0.25) is 0 Å². The molecule has 1 N–H and O–H groups in total. The largest absolute Gasteiger partial charge is 0.481 e. The summed E-state index contributed by atoms with van der Waals surface area (Å²) in [5, 5.41) is 8.38. The molecule has 1 aliphatic carbocycles. The lowest BCUT2D eigenvalue weighted by atomic mass is 10.3. The summed E-state index contributed by atoms with van der Waals surface area (Å²) in [4.78, 5) is 10.2. The lowest BCUT2D eigenvalue weighted by molar-refractivity contribution is -0.138. The van der Waals surface area contributed by atoms with Crippen LogP contribution in [0.5, 0.6) is 0 Å². The Hall–Kier alpha value is -0.970. The summed E-state index contributed by atoms with van der Waals surface area (Å²) in [6.45, 7) is 1.73. The molecule has 1 saturated carbocycles. The Labute approximate surface area is 53.9 Å². The second-order valence-corrected chi connectivity index (χ2v) is 2.18. The summed E-state index contributed by atoms with van der Waals surface area (Å²) in [6, 6.07) is 0. The number of hydrogen-bond donors (Lipinski definition) is 1. The lowest BCUT2D eigenvalue weighted by Crippen LogP contribution is -1.97.